The van der Waals surface area contributed by atoms with E-state index in [0.717, 1.165) is 24.0 Å². The number of urea groups is 1. The van der Waals surface area contributed by atoms with Gasteiger partial charge in [0.1, 0.15) is 18.4 Å². The highest BCUT2D eigenvalue weighted by Crippen LogP contribution is 2.32. The second-order valence-corrected chi connectivity index (χ2v) is 8.44. The summed E-state index contributed by atoms with van der Waals surface area (Å²) in [7, 11) is 0. The van der Waals surface area contributed by atoms with Crippen molar-refractivity contribution in [3.63, 3.8) is 0 Å². The quantitative estimate of drug-likeness (QED) is 0.285. The Labute approximate surface area is 199 Å². The van der Waals surface area contributed by atoms with Crippen LogP contribution in [0.25, 0.3) is 0 Å². The molecule has 2 unspecified atom stereocenters. The summed E-state index contributed by atoms with van der Waals surface area (Å²) in [5.74, 6) is -0.452. The summed E-state index contributed by atoms with van der Waals surface area (Å²) >= 11 is 0. The van der Waals surface area contributed by atoms with E-state index in [1.807, 2.05) is 54.6 Å². The molecular weight excluding hydrogens is 436 g/mol. The van der Waals surface area contributed by atoms with E-state index in [0.29, 0.717) is 38.0 Å². The first-order valence-electron chi connectivity index (χ1n) is 11.7. The average Bonchev–Trinajstić information content (AvgIpc) is 3.11. The van der Waals surface area contributed by atoms with Crippen molar-refractivity contribution in [2.24, 2.45) is 0 Å². The van der Waals surface area contributed by atoms with Crippen LogP contribution in [-0.2, 0) is 16.2 Å². The molecule has 0 aromatic heterocycles. The molecule has 182 valence electrons. The van der Waals surface area contributed by atoms with Crippen molar-refractivity contribution in [2.45, 2.75) is 63.6 Å². The molecule has 0 aliphatic carbocycles. The van der Waals surface area contributed by atoms with E-state index in [2.05, 4.69) is 5.32 Å². The summed E-state index contributed by atoms with van der Waals surface area (Å²) in [5, 5.41) is 20.8. The molecule has 3 amide bonds. The molecule has 0 spiro atoms. The predicted molar refractivity (Wildman–Crippen MR) is 126 cm³/mol. The Hall–Kier alpha value is -3.39. The smallest absolute Gasteiger partial charge is 0.325 e. The third kappa shape index (κ3) is 7.05. The minimum Gasteiger partial charge on any atom is -0.489 e. The molecule has 2 aromatic carbocycles. The van der Waals surface area contributed by atoms with Gasteiger partial charge in [0.05, 0.1) is 6.04 Å². The van der Waals surface area contributed by atoms with E-state index in [-0.39, 0.29) is 18.9 Å². The highest BCUT2D eigenvalue weighted by Gasteiger charge is 2.42. The molecule has 1 heterocycles. The summed E-state index contributed by atoms with van der Waals surface area (Å²) in [4.78, 5) is 37.3. The number of hydrogen-bond acceptors (Lipinski definition) is 5. The van der Waals surface area contributed by atoms with E-state index in [1.54, 1.807) is 0 Å². The van der Waals surface area contributed by atoms with Crippen LogP contribution in [0.1, 0.15) is 62.1 Å². The van der Waals surface area contributed by atoms with Crippen LogP contribution in [0, 0.1) is 0 Å². The Morgan fingerprint density at radius 1 is 1.00 bits per heavy atom. The van der Waals surface area contributed by atoms with E-state index in [1.165, 1.54) is 4.90 Å². The van der Waals surface area contributed by atoms with Gasteiger partial charge in [0.2, 0.25) is 0 Å². The lowest BCUT2D eigenvalue weighted by atomic mass is 9.98. The van der Waals surface area contributed by atoms with Crippen molar-refractivity contribution in [3.05, 3.63) is 65.7 Å². The monoisotopic (exact) mass is 468 g/mol. The summed E-state index contributed by atoms with van der Waals surface area (Å²) in [5.41, 5.74) is 1.88. The first kappa shape index (κ1) is 25.2. The highest BCUT2D eigenvalue weighted by atomic mass is 16.5. The molecule has 1 aliphatic rings. The number of nitrogens with one attached hydrogen (secondary N) is 1. The van der Waals surface area contributed by atoms with Gasteiger partial charge in [-0.2, -0.15) is 0 Å². The minimum absolute atomic E-state index is 0.128. The molecule has 8 heteroatoms. The third-order valence-corrected chi connectivity index (χ3v) is 5.97. The Kier molecular flexibility index (Phi) is 9.46. The van der Waals surface area contributed by atoms with Gasteiger partial charge < -0.3 is 19.8 Å². The number of aliphatic carboxylic acids is 1. The van der Waals surface area contributed by atoms with E-state index < -0.39 is 24.1 Å². The fourth-order valence-corrected chi connectivity index (χ4v) is 4.23. The van der Waals surface area contributed by atoms with Gasteiger partial charge in [0.15, 0.2) is 0 Å². The van der Waals surface area contributed by atoms with Gasteiger partial charge in [-0.25, -0.2) is 4.79 Å². The SMILES string of the molecule is O=C(O)CCCCCCC1C(=O)NC(=O)N1C(CCO)c1ccc(OCc2ccccc2)cc1. The summed E-state index contributed by atoms with van der Waals surface area (Å²) in [6, 6.07) is 15.7. The Bertz CT molecular complexity index is 948. The second kappa shape index (κ2) is 12.7. The van der Waals surface area contributed by atoms with Crippen LogP contribution in [-0.4, -0.2) is 45.7 Å². The van der Waals surface area contributed by atoms with Gasteiger partial charge in [-0.3, -0.25) is 14.9 Å². The number of nitrogens with zero attached hydrogens (tertiary/aromatic N) is 1. The molecular formula is C26H32N2O6. The summed E-state index contributed by atoms with van der Waals surface area (Å²) < 4.78 is 5.84. The maximum Gasteiger partial charge on any atom is 0.325 e. The lowest BCUT2D eigenvalue weighted by Crippen LogP contribution is -2.39. The number of aliphatic hydroxyl groups excluding tert-OH is 1. The largest absolute Gasteiger partial charge is 0.489 e. The molecule has 8 nitrogen and oxygen atoms in total. The van der Waals surface area contributed by atoms with Gasteiger partial charge >= 0.3 is 12.0 Å². The van der Waals surface area contributed by atoms with E-state index in [9.17, 15) is 19.5 Å². The lowest BCUT2D eigenvalue weighted by molar-refractivity contribution is -0.137. The number of carboxylic acids is 1. The molecule has 0 saturated carbocycles. The van der Waals surface area contributed by atoms with Crippen molar-refractivity contribution in [1.82, 2.24) is 10.2 Å². The van der Waals surface area contributed by atoms with Crippen molar-refractivity contribution >= 4 is 17.9 Å². The number of benzene rings is 2. The van der Waals surface area contributed by atoms with E-state index >= 15 is 0 Å². The summed E-state index contributed by atoms with van der Waals surface area (Å²) in [6.07, 6.45) is 3.79. The molecule has 2 aromatic rings. The first-order valence-corrected chi connectivity index (χ1v) is 11.7. The van der Waals surface area contributed by atoms with Crippen LogP contribution in [0.4, 0.5) is 4.79 Å². The number of carbonyl (C=O) groups is 3. The number of amides is 3. The fourth-order valence-electron chi connectivity index (χ4n) is 4.23. The molecule has 3 rings (SSSR count). The number of unbranched alkanes of at least 4 members (excludes halogenated alkanes) is 3. The number of hydrogen-bond donors (Lipinski definition) is 3. The molecule has 34 heavy (non-hydrogen) atoms. The molecule has 1 saturated heterocycles. The van der Waals surface area contributed by atoms with Gasteiger partial charge in [-0.15, -0.1) is 0 Å². The van der Waals surface area contributed by atoms with Gasteiger partial charge in [-0.1, -0.05) is 61.7 Å². The normalized spacial score (nSPS) is 16.4. The molecule has 3 N–H and O–H groups in total. The molecule has 2 atom stereocenters. The van der Waals surface area contributed by atoms with E-state index in [4.69, 9.17) is 9.84 Å². The van der Waals surface area contributed by atoms with Crippen molar-refractivity contribution in [3.8, 4) is 5.75 Å². The lowest BCUT2D eigenvalue weighted by Gasteiger charge is -2.31. The molecule has 1 aliphatic heterocycles. The van der Waals surface area contributed by atoms with Crippen LogP contribution < -0.4 is 10.1 Å². The Balaban J connectivity index is 1.63. The van der Waals surface area contributed by atoms with Crippen LogP contribution in [0.2, 0.25) is 0 Å². The number of aliphatic hydroxyl groups is 1. The first-order chi connectivity index (χ1) is 16.5. The van der Waals surface area contributed by atoms with Gasteiger partial charge in [-0.05, 0) is 42.5 Å². The number of imide groups is 1. The van der Waals surface area contributed by atoms with Crippen LogP contribution in [0.3, 0.4) is 0 Å². The minimum atomic E-state index is -0.810. The third-order valence-electron chi connectivity index (χ3n) is 5.97. The Morgan fingerprint density at radius 2 is 1.71 bits per heavy atom. The van der Waals surface area contributed by atoms with Crippen molar-refractivity contribution in [2.75, 3.05) is 6.61 Å². The van der Waals surface area contributed by atoms with Crippen LogP contribution in [0.5, 0.6) is 5.75 Å². The van der Waals surface area contributed by atoms with Crippen molar-refractivity contribution < 1.29 is 29.3 Å². The predicted octanol–water partition coefficient (Wildman–Crippen LogP) is 4.03. The second-order valence-electron chi connectivity index (χ2n) is 8.44. The van der Waals surface area contributed by atoms with Crippen molar-refractivity contribution in [1.29, 1.82) is 0 Å². The zero-order chi connectivity index (χ0) is 24.3. The number of ether oxygens (including phenoxy) is 1. The molecule has 0 bridgehead atoms. The van der Waals surface area contributed by atoms with Crippen LogP contribution in [0.15, 0.2) is 54.6 Å². The fraction of sp³-hybridized carbons (Fsp3) is 0.423. The molecule has 1 fully saturated rings. The number of rotatable bonds is 14. The number of carbonyl (C=O) groups excluding carboxylic acids is 2. The van der Waals surface area contributed by atoms with Crippen LogP contribution >= 0.6 is 0 Å². The highest BCUT2D eigenvalue weighted by molar-refractivity contribution is 6.04. The van der Waals surface area contributed by atoms with Gasteiger partial charge in [0, 0.05) is 13.0 Å². The summed E-state index contributed by atoms with van der Waals surface area (Å²) in [6.45, 7) is 0.314. The van der Waals surface area contributed by atoms with Gasteiger partial charge in [0.25, 0.3) is 5.91 Å². The maximum atomic E-state index is 12.6. The maximum absolute atomic E-state index is 12.6. The average molecular weight is 469 g/mol. The zero-order valence-corrected chi connectivity index (χ0v) is 19.2. The Morgan fingerprint density at radius 3 is 2.38 bits per heavy atom. The standard InChI is InChI=1S/C26H32N2O6/c29-17-16-22(20-12-14-21(15-13-20)34-18-19-8-4-3-5-9-19)28-23(25(32)27-26(28)33)10-6-1-2-7-11-24(30)31/h3-5,8-9,12-15,22-23,29H,1-2,6-7,10-11,16-18H2,(H,30,31)(H,27,32,33). The molecule has 0 radical (unpaired) electrons. The topological polar surface area (TPSA) is 116 Å². The zero-order valence-electron chi connectivity index (χ0n) is 19.2. The number of carboxylic acid groups (broad SMARTS) is 1.